The molecule has 2 aromatic rings. The highest BCUT2D eigenvalue weighted by Crippen LogP contribution is 2.68. The molecule has 4 aliphatic carbocycles. The lowest BCUT2D eigenvalue weighted by Crippen LogP contribution is -2.59. The third kappa shape index (κ3) is 4.02. The molecular formula is C32H46N2O3. The van der Waals surface area contributed by atoms with Crippen LogP contribution in [-0.4, -0.2) is 34.4 Å². The fourth-order valence-corrected chi connectivity index (χ4v) is 10.3. The first-order valence-corrected chi connectivity index (χ1v) is 14.9. The van der Waals surface area contributed by atoms with E-state index in [1.807, 2.05) is 31.4 Å². The van der Waals surface area contributed by atoms with E-state index in [-0.39, 0.29) is 17.1 Å². The van der Waals surface area contributed by atoms with Crippen LogP contribution in [0.2, 0.25) is 0 Å². The van der Waals surface area contributed by atoms with E-state index in [9.17, 15) is 9.90 Å². The zero-order valence-corrected chi connectivity index (χ0v) is 23.2. The predicted molar refractivity (Wildman–Crippen MR) is 147 cm³/mol. The highest BCUT2D eigenvalue weighted by atomic mass is 16.5. The first-order chi connectivity index (χ1) is 17.8. The number of aromatic nitrogens is 2. The van der Waals surface area contributed by atoms with Crippen LogP contribution in [0.25, 0.3) is 10.9 Å². The van der Waals surface area contributed by atoms with Gasteiger partial charge in [-0.25, -0.2) is 4.98 Å². The average Bonchev–Trinajstić information content (AvgIpc) is 3.25. The fraction of sp³-hybridized carbons (Fsp3) is 0.750. The van der Waals surface area contributed by atoms with Crippen molar-refractivity contribution in [3.63, 3.8) is 0 Å². The zero-order chi connectivity index (χ0) is 25.9. The van der Waals surface area contributed by atoms with Gasteiger partial charge in [-0.2, -0.15) is 0 Å². The van der Waals surface area contributed by atoms with E-state index in [4.69, 9.17) is 9.72 Å². The van der Waals surface area contributed by atoms with E-state index in [1.165, 1.54) is 38.5 Å². The van der Waals surface area contributed by atoms with Crippen LogP contribution in [0.1, 0.15) is 84.4 Å². The molecule has 1 aromatic heterocycles. The van der Waals surface area contributed by atoms with Gasteiger partial charge in [-0.3, -0.25) is 4.79 Å². The molecule has 1 unspecified atom stereocenters. The molecule has 0 amide bonds. The maximum absolute atomic E-state index is 12.6. The van der Waals surface area contributed by atoms with Crippen molar-refractivity contribution in [2.24, 2.45) is 46.3 Å². The molecule has 0 radical (unpaired) electrons. The smallest absolute Gasteiger partial charge is 0.258 e. The lowest BCUT2D eigenvalue weighted by Gasteiger charge is -2.63. The summed E-state index contributed by atoms with van der Waals surface area (Å²) in [4.78, 5) is 20.4. The van der Waals surface area contributed by atoms with Gasteiger partial charge < -0.3 is 14.8 Å². The molecule has 4 fully saturated rings. The van der Waals surface area contributed by atoms with Crippen LogP contribution in [-0.2, 0) is 11.2 Å². The number of rotatable bonds is 5. The number of fused-ring (bicyclic) bond motifs is 6. The normalized spacial score (nSPS) is 42.1. The molecule has 4 aliphatic rings. The molecule has 0 bridgehead atoms. The second kappa shape index (κ2) is 9.48. The number of aliphatic hydroxyl groups excluding tert-OH is 1. The van der Waals surface area contributed by atoms with Crippen LogP contribution in [0.5, 0.6) is 0 Å². The molecule has 2 N–H and O–H groups in total. The average molecular weight is 507 g/mol. The van der Waals surface area contributed by atoms with Crippen LogP contribution < -0.4 is 5.56 Å². The number of methoxy groups -OCH3 is 1. The van der Waals surface area contributed by atoms with Crippen molar-refractivity contribution in [2.45, 2.75) is 97.2 Å². The Balaban J connectivity index is 1.21. The summed E-state index contributed by atoms with van der Waals surface area (Å²) >= 11 is 0. The van der Waals surface area contributed by atoms with Gasteiger partial charge in [0.05, 0.1) is 23.1 Å². The number of benzene rings is 1. The summed E-state index contributed by atoms with van der Waals surface area (Å²) in [6, 6.07) is 7.62. The Morgan fingerprint density at radius 1 is 1.11 bits per heavy atom. The molecule has 1 heterocycles. The highest BCUT2D eigenvalue weighted by Gasteiger charge is 2.64. The molecule has 0 spiro atoms. The Morgan fingerprint density at radius 3 is 2.73 bits per heavy atom. The third-order valence-electron chi connectivity index (χ3n) is 12.3. The van der Waals surface area contributed by atoms with Crippen LogP contribution in [0.15, 0.2) is 29.1 Å². The van der Waals surface area contributed by atoms with Crippen molar-refractivity contribution < 1.29 is 9.84 Å². The highest BCUT2D eigenvalue weighted by molar-refractivity contribution is 5.77. The van der Waals surface area contributed by atoms with Gasteiger partial charge in [-0.05, 0) is 116 Å². The number of ether oxygens (including phenoxy) is 1. The maximum Gasteiger partial charge on any atom is 0.258 e. The molecule has 5 heteroatoms. The fourth-order valence-electron chi connectivity index (χ4n) is 10.3. The van der Waals surface area contributed by atoms with Gasteiger partial charge in [0.25, 0.3) is 5.56 Å². The quantitative estimate of drug-likeness (QED) is 0.511. The Morgan fingerprint density at radius 2 is 1.92 bits per heavy atom. The molecule has 10 atom stereocenters. The summed E-state index contributed by atoms with van der Waals surface area (Å²) in [7, 11) is 1.95. The Hall–Kier alpha value is -1.72. The number of aromatic amines is 1. The van der Waals surface area contributed by atoms with Crippen LogP contribution >= 0.6 is 0 Å². The van der Waals surface area contributed by atoms with Crippen molar-refractivity contribution in [3.8, 4) is 0 Å². The van der Waals surface area contributed by atoms with Crippen molar-refractivity contribution in [3.05, 3.63) is 40.4 Å². The summed E-state index contributed by atoms with van der Waals surface area (Å²) in [6.07, 6.45) is 11.6. The van der Waals surface area contributed by atoms with Gasteiger partial charge in [0, 0.05) is 13.5 Å². The summed E-state index contributed by atoms with van der Waals surface area (Å²) in [6.45, 7) is 7.55. The van der Waals surface area contributed by atoms with Crippen LogP contribution in [0.4, 0.5) is 0 Å². The van der Waals surface area contributed by atoms with Crippen LogP contribution in [0.3, 0.4) is 0 Å². The third-order valence-corrected chi connectivity index (χ3v) is 12.3. The van der Waals surface area contributed by atoms with Gasteiger partial charge in [-0.1, -0.05) is 32.9 Å². The number of nitrogens with zero attached hydrogens (tertiary/aromatic N) is 1. The first-order valence-electron chi connectivity index (χ1n) is 14.9. The van der Waals surface area contributed by atoms with Gasteiger partial charge in [0.2, 0.25) is 0 Å². The minimum atomic E-state index is -0.0922. The van der Waals surface area contributed by atoms with E-state index in [2.05, 4.69) is 25.8 Å². The van der Waals surface area contributed by atoms with Crippen molar-refractivity contribution in [1.82, 2.24) is 9.97 Å². The van der Waals surface area contributed by atoms with Gasteiger partial charge in [0.1, 0.15) is 5.82 Å². The van der Waals surface area contributed by atoms with E-state index >= 15 is 0 Å². The minimum absolute atomic E-state index is 0.0294. The molecule has 1 aromatic carbocycles. The maximum atomic E-state index is 12.6. The second-order valence-corrected chi connectivity index (χ2v) is 13.6. The van der Waals surface area contributed by atoms with Crippen LogP contribution in [0, 0.1) is 46.3 Å². The second-order valence-electron chi connectivity index (χ2n) is 13.6. The molecule has 6 rings (SSSR count). The topological polar surface area (TPSA) is 75.2 Å². The lowest BCUT2D eigenvalue weighted by molar-refractivity contribution is -0.183. The molecule has 5 nitrogen and oxygen atoms in total. The minimum Gasteiger partial charge on any atom is -0.393 e. The van der Waals surface area contributed by atoms with Crippen molar-refractivity contribution in [2.75, 3.05) is 7.11 Å². The number of para-hydroxylation sites is 1. The Labute approximate surface area is 221 Å². The molecule has 202 valence electrons. The largest absolute Gasteiger partial charge is 0.393 e. The summed E-state index contributed by atoms with van der Waals surface area (Å²) in [5.74, 6) is 4.92. The Kier molecular flexibility index (Phi) is 6.55. The zero-order valence-electron chi connectivity index (χ0n) is 23.2. The van der Waals surface area contributed by atoms with Gasteiger partial charge in [0.15, 0.2) is 0 Å². The number of H-pyrrole nitrogens is 1. The SMILES string of the molecule is CO[C@H]1CC2[C@@H](CC[C@@H]3C[C@H](O)CC[C@]23C)[C@@H]2CC[C@H]([C@H](C)CCc3nc4ccccc4c(=O)[nH]3)[C@@]12C. The molecule has 37 heavy (non-hydrogen) atoms. The van der Waals surface area contributed by atoms with Crippen molar-refractivity contribution >= 4 is 10.9 Å². The molecule has 0 saturated heterocycles. The molecular weight excluding hydrogens is 460 g/mol. The predicted octanol–water partition coefficient (Wildman–Crippen LogP) is 6.14. The van der Waals surface area contributed by atoms with Gasteiger partial charge in [-0.15, -0.1) is 0 Å². The van der Waals surface area contributed by atoms with E-state index < -0.39 is 0 Å². The van der Waals surface area contributed by atoms with E-state index in [1.54, 1.807) is 0 Å². The van der Waals surface area contributed by atoms with Gasteiger partial charge >= 0.3 is 0 Å². The number of aryl methyl sites for hydroxylation is 1. The van der Waals surface area contributed by atoms with E-state index in [0.29, 0.717) is 34.7 Å². The summed E-state index contributed by atoms with van der Waals surface area (Å²) < 4.78 is 6.40. The number of aliphatic hydroxyl groups is 1. The molecule has 4 saturated carbocycles. The monoisotopic (exact) mass is 506 g/mol. The molecule has 0 aliphatic heterocycles. The lowest BCUT2D eigenvalue weighted by atomic mass is 9.43. The van der Waals surface area contributed by atoms with Crippen molar-refractivity contribution in [1.29, 1.82) is 0 Å². The Bertz CT molecular complexity index is 1190. The standard InChI is InChI=1S/C32H46N2O3/c1-19(9-14-29-33-27-8-6-5-7-23(27)30(36)34-29)24-12-13-25-22-11-10-20-17-21(35)15-16-31(20,2)26(22)18-28(37-4)32(24,25)3/h5-8,19-22,24-26,28,35H,9-18H2,1-4H3,(H,33,34,36)/t19-,20-,21-,22+,24-,25+,26?,28+,31+,32-/m1/s1. The number of hydrogen-bond acceptors (Lipinski definition) is 4. The summed E-state index contributed by atoms with van der Waals surface area (Å²) in [5, 5.41) is 11.1. The first kappa shape index (κ1) is 25.6. The number of hydrogen-bond donors (Lipinski definition) is 2. The summed E-state index contributed by atoms with van der Waals surface area (Å²) in [5.41, 5.74) is 1.33. The number of nitrogens with one attached hydrogen (secondary N) is 1. The van der Waals surface area contributed by atoms with E-state index in [0.717, 1.165) is 54.8 Å².